The molecule has 3 aromatic rings. The van der Waals surface area contributed by atoms with Crippen LogP contribution in [-0.2, 0) is 4.79 Å². The van der Waals surface area contributed by atoms with Crippen LogP contribution in [0.1, 0.15) is 17.1 Å². The standard InChI is InChI=1S/C21H15F3N2O3S2/c1-12-7-8-13(2)25(12)26-19(27)18(31-20(26)30)11-14-9-10-16(28-14)15-5-3-4-6-17(15)29-21(22,23)24/h3-11H,1-2H3. The Morgan fingerprint density at radius 3 is 2.42 bits per heavy atom. The molecule has 2 aromatic heterocycles. The van der Waals surface area contributed by atoms with E-state index in [-0.39, 0.29) is 23.0 Å². The Balaban J connectivity index is 1.63. The van der Waals surface area contributed by atoms with Gasteiger partial charge in [0.05, 0.1) is 10.5 Å². The van der Waals surface area contributed by atoms with Crippen LogP contribution in [0, 0.1) is 13.8 Å². The second-order valence-corrected chi connectivity index (χ2v) is 8.34. The van der Waals surface area contributed by atoms with E-state index in [0.29, 0.717) is 15.0 Å². The first-order chi connectivity index (χ1) is 14.6. The van der Waals surface area contributed by atoms with E-state index >= 15 is 0 Å². The van der Waals surface area contributed by atoms with Gasteiger partial charge < -0.3 is 9.15 Å². The zero-order valence-electron chi connectivity index (χ0n) is 16.3. The molecule has 0 atom stereocenters. The highest BCUT2D eigenvalue weighted by Gasteiger charge is 2.35. The summed E-state index contributed by atoms with van der Waals surface area (Å²) in [5.74, 6) is -0.200. The predicted molar refractivity (Wildman–Crippen MR) is 116 cm³/mol. The molecule has 4 rings (SSSR count). The number of furan rings is 1. The lowest BCUT2D eigenvalue weighted by Crippen LogP contribution is -2.39. The third-order valence-corrected chi connectivity index (χ3v) is 5.77. The van der Waals surface area contributed by atoms with Crippen LogP contribution in [0.5, 0.6) is 5.75 Å². The fraction of sp³-hybridized carbons (Fsp3) is 0.143. The maximum absolute atomic E-state index is 13.0. The van der Waals surface area contributed by atoms with Crippen LogP contribution < -0.4 is 9.75 Å². The molecule has 1 aliphatic rings. The molecule has 0 bridgehead atoms. The number of nitrogens with zero attached hydrogens (tertiary/aromatic N) is 2. The largest absolute Gasteiger partial charge is 0.573 e. The first-order valence-corrected chi connectivity index (χ1v) is 10.2. The fourth-order valence-corrected chi connectivity index (χ4v) is 4.42. The number of carbonyl (C=O) groups excluding carboxylic acids is 1. The van der Waals surface area contributed by atoms with Crippen molar-refractivity contribution in [1.29, 1.82) is 0 Å². The Bertz CT molecular complexity index is 1190. The smallest absolute Gasteiger partial charge is 0.457 e. The Hall–Kier alpha value is -2.98. The molecule has 1 saturated heterocycles. The molecule has 31 heavy (non-hydrogen) atoms. The topological polar surface area (TPSA) is 47.6 Å². The normalized spacial score (nSPS) is 15.9. The van der Waals surface area contributed by atoms with E-state index in [4.69, 9.17) is 16.6 Å². The van der Waals surface area contributed by atoms with Gasteiger partial charge >= 0.3 is 6.36 Å². The third-order valence-electron chi connectivity index (χ3n) is 4.49. The molecule has 5 nitrogen and oxygen atoms in total. The van der Waals surface area contributed by atoms with Gasteiger partial charge in [-0.05, 0) is 62.5 Å². The highest BCUT2D eigenvalue weighted by molar-refractivity contribution is 8.27. The molecule has 0 N–H and O–H groups in total. The number of ether oxygens (including phenoxy) is 1. The van der Waals surface area contributed by atoms with Crippen LogP contribution in [0.15, 0.2) is 57.9 Å². The number of hydrogen-bond donors (Lipinski definition) is 0. The minimum absolute atomic E-state index is 0.144. The van der Waals surface area contributed by atoms with Crippen LogP contribution in [-0.4, -0.2) is 21.3 Å². The van der Waals surface area contributed by atoms with Crippen molar-refractivity contribution in [3.63, 3.8) is 0 Å². The van der Waals surface area contributed by atoms with Gasteiger partial charge in [-0.2, -0.15) is 5.01 Å². The first-order valence-electron chi connectivity index (χ1n) is 9.02. The van der Waals surface area contributed by atoms with Crippen molar-refractivity contribution < 1.29 is 27.1 Å². The molecule has 1 aliphatic heterocycles. The van der Waals surface area contributed by atoms with E-state index in [2.05, 4.69) is 4.74 Å². The third kappa shape index (κ3) is 4.26. The molecule has 0 saturated carbocycles. The number of thiocarbonyl (C=S) groups is 1. The zero-order chi connectivity index (χ0) is 22.3. The summed E-state index contributed by atoms with van der Waals surface area (Å²) in [6.45, 7) is 3.74. The van der Waals surface area contributed by atoms with Crippen LogP contribution in [0.4, 0.5) is 13.2 Å². The molecule has 0 unspecified atom stereocenters. The number of carbonyl (C=O) groups is 1. The van der Waals surface area contributed by atoms with Gasteiger partial charge in [-0.3, -0.25) is 9.47 Å². The van der Waals surface area contributed by atoms with Gasteiger partial charge in [0, 0.05) is 17.5 Å². The Morgan fingerprint density at radius 2 is 1.74 bits per heavy atom. The number of aromatic nitrogens is 1. The number of alkyl halides is 3. The number of aryl methyl sites for hydroxylation is 2. The van der Waals surface area contributed by atoms with Crippen molar-refractivity contribution in [2.75, 3.05) is 5.01 Å². The van der Waals surface area contributed by atoms with E-state index in [1.165, 1.54) is 35.4 Å². The van der Waals surface area contributed by atoms with E-state index in [1.54, 1.807) is 16.8 Å². The van der Waals surface area contributed by atoms with Gasteiger partial charge in [-0.25, -0.2) is 0 Å². The number of thioether (sulfide) groups is 1. The van der Waals surface area contributed by atoms with E-state index in [1.807, 2.05) is 26.0 Å². The maximum atomic E-state index is 13.0. The minimum atomic E-state index is -4.83. The quantitative estimate of drug-likeness (QED) is 0.361. The van der Waals surface area contributed by atoms with E-state index < -0.39 is 6.36 Å². The van der Waals surface area contributed by atoms with Crippen LogP contribution in [0.3, 0.4) is 0 Å². The van der Waals surface area contributed by atoms with Crippen molar-refractivity contribution in [2.24, 2.45) is 0 Å². The summed E-state index contributed by atoms with van der Waals surface area (Å²) in [7, 11) is 0. The van der Waals surface area contributed by atoms with Gasteiger partial charge in [0.1, 0.15) is 17.3 Å². The van der Waals surface area contributed by atoms with Crippen LogP contribution in [0.2, 0.25) is 0 Å². The van der Waals surface area contributed by atoms with Crippen molar-refractivity contribution in [3.8, 4) is 17.1 Å². The summed E-state index contributed by atoms with van der Waals surface area (Å²) >= 11 is 6.50. The molecule has 10 heteroatoms. The van der Waals surface area contributed by atoms with Gasteiger partial charge in [0.2, 0.25) is 0 Å². The predicted octanol–water partition coefficient (Wildman–Crippen LogP) is 5.80. The summed E-state index contributed by atoms with van der Waals surface area (Å²) in [4.78, 5) is 13.3. The highest BCUT2D eigenvalue weighted by atomic mass is 32.2. The molecular weight excluding hydrogens is 449 g/mol. The van der Waals surface area contributed by atoms with Crippen molar-refractivity contribution >= 4 is 40.3 Å². The number of halogens is 3. The van der Waals surface area contributed by atoms with Crippen molar-refractivity contribution in [2.45, 2.75) is 20.2 Å². The molecule has 1 fully saturated rings. The molecule has 1 aromatic carbocycles. The summed E-state index contributed by atoms with van der Waals surface area (Å²) < 4.78 is 49.9. The second kappa shape index (κ2) is 7.93. The van der Waals surface area contributed by atoms with Crippen LogP contribution in [0.25, 0.3) is 17.4 Å². The monoisotopic (exact) mass is 464 g/mol. The molecular formula is C21H15F3N2O3S2. The highest BCUT2D eigenvalue weighted by Crippen LogP contribution is 2.37. The second-order valence-electron chi connectivity index (χ2n) is 6.67. The van der Waals surface area contributed by atoms with Crippen LogP contribution >= 0.6 is 24.0 Å². The lowest BCUT2D eigenvalue weighted by Gasteiger charge is -2.20. The van der Waals surface area contributed by atoms with Gasteiger partial charge in [-0.15, -0.1) is 13.2 Å². The van der Waals surface area contributed by atoms with Gasteiger partial charge in [0.15, 0.2) is 4.32 Å². The average molecular weight is 464 g/mol. The number of amides is 1. The maximum Gasteiger partial charge on any atom is 0.573 e. The van der Waals surface area contributed by atoms with Gasteiger partial charge in [0.25, 0.3) is 5.91 Å². The molecule has 0 aliphatic carbocycles. The molecule has 160 valence electrons. The summed E-state index contributed by atoms with van der Waals surface area (Å²) in [6.07, 6.45) is -3.31. The Morgan fingerprint density at radius 1 is 1.06 bits per heavy atom. The minimum Gasteiger partial charge on any atom is -0.457 e. The summed E-state index contributed by atoms with van der Waals surface area (Å²) in [5.41, 5.74) is 1.86. The molecule has 1 amide bonds. The number of benzene rings is 1. The number of para-hydroxylation sites is 1. The Kier molecular flexibility index (Phi) is 5.44. The van der Waals surface area contributed by atoms with Gasteiger partial charge in [-0.1, -0.05) is 23.9 Å². The van der Waals surface area contributed by atoms with Crippen molar-refractivity contribution in [3.05, 3.63) is 70.6 Å². The number of rotatable bonds is 4. The molecule has 0 spiro atoms. The fourth-order valence-electron chi connectivity index (χ4n) is 3.20. The first kappa shape index (κ1) is 21.3. The zero-order valence-corrected chi connectivity index (χ0v) is 17.9. The summed E-state index contributed by atoms with van der Waals surface area (Å²) in [5, 5.41) is 1.41. The van der Waals surface area contributed by atoms with E-state index in [9.17, 15) is 18.0 Å². The molecule has 3 heterocycles. The van der Waals surface area contributed by atoms with Crippen molar-refractivity contribution in [1.82, 2.24) is 4.68 Å². The number of hydrogen-bond acceptors (Lipinski definition) is 5. The lowest BCUT2D eigenvalue weighted by molar-refractivity contribution is -0.274. The average Bonchev–Trinajstić information content (AvgIpc) is 3.35. The van der Waals surface area contributed by atoms with E-state index in [0.717, 1.165) is 23.1 Å². The Labute approximate surface area is 185 Å². The SMILES string of the molecule is Cc1ccc(C)n1N1C(=O)C(=Cc2ccc(-c3ccccc3OC(F)(F)F)o2)SC1=S. The molecule has 0 radical (unpaired) electrons. The summed E-state index contributed by atoms with van der Waals surface area (Å²) in [6, 6.07) is 12.5. The lowest BCUT2D eigenvalue weighted by atomic mass is 10.1.